The standard InChI is InChI=1S/C31H32NO3PS/c1-31(2,3)37(33)32(4)30(23-14-8-5-9-15-23)26-20-27-28(35-22-34-27)21-29(26)36(24-16-10-6-11-17-24)25-18-12-7-13-19-25/h5-21,30H,22H2,1-4H3/t30-,37+/m0/s1. The second-order valence-corrected chi connectivity index (χ2v) is 14.5. The monoisotopic (exact) mass is 529 g/mol. The van der Waals surface area contributed by atoms with E-state index in [0.29, 0.717) is 0 Å². The Balaban J connectivity index is 1.78. The quantitative estimate of drug-likeness (QED) is 0.290. The van der Waals surface area contributed by atoms with Gasteiger partial charge in [-0.3, -0.25) is 0 Å². The summed E-state index contributed by atoms with van der Waals surface area (Å²) in [5.41, 5.74) is 2.16. The summed E-state index contributed by atoms with van der Waals surface area (Å²) in [6.07, 6.45) is 0. The minimum atomic E-state index is -1.25. The molecule has 4 aromatic rings. The molecule has 0 unspecified atom stereocenters. The first kappa shape index (κ1) is 25.7. The molecular weight excluding hydrogens is 497 g/mol. The third-order valence-corrected chi connectivity index (χ3v) is 10.6. The van der Waals surface area contributed by atoms with Crippen molar-refractivity contribution in [3.05, 3.63) is 114 Å². The van der Waals surface area contributed by atoms with E-state index in [-0.39, 0.29) is 12.8 Å². The maximum absolute atomic E-state index is 13.8. The fraction of sp³-hybridized carbons (Fsp3) is 0.226. The van der Waals surface area contributed by atoms with Gasteiger partial charge in [-0.15, -0.1) is 0 Å². The summed E-state index contributed by atoms with van der Waals surface area (Å²) in [5, 5.41) is 3.66. The van der Waals surface area contributed by atoms with Gasteiger partial charge in [0, 0.05) is 7.05 Å². The van der Waals surface area contributed by atoms with Gasteiger partial charge in [0.15, 0.2) is 11.5 Å². The van der Waals surface area contributed by atoms with E-state index in [1.54, 1.807) is 0 Å². The van der Waals surface area contributed by atoms with Crippen LogP contribution in [-0.4, -0.2) is 27.1 Å². The van der Waals surface area contributed by atoms with Crippen molar-refractivity contribution in [1.29, 1.82) is 0 Å². The van der Waals surface area contributed by atoms with Crippen LogP contribution in [0, 0.1) is 0 Å². The Morgan fingerprint density at radius 3 is 1.78 bits per heavy atom. The summed E-state index contributed by atoms with van der Waals surface area (Å²) in [4.78, 5) is 0. The molecule has 4 nitrogen and oxygen atoms in total. The lowest BCUT2D eigenvalue weighted by molar-refractivity contribution is 0.174. The first-order valence-electron chi connectivity index (χ1n) is 12.4. The molecule has 37 heavy (non-hydrogen) atoms. The highest BCUT2D eigenvalue weighted by Crippen LogP contribution is 2.44. The number of hydrogen-bond donors (Lipinski definition) is 0. The van der Waals surface area contributed by atoms with Gasteiger partial charge in [-0.1, -0.05) is 91.0 Å². The highest BCUT2D eigenvalue weighted by molar-refractivity contribution is 7.84. The lowest BCUT2D eigenvalue weighted by Gasteiger charge is -2.35. The zero-order valence-electron chi connectivity index (χ0n) is 21.6. The van der Waals surface area contributed by atoms with E-state index in [2.05, 4.69) is 84.9 Å². The van der Waals surface area contributed by atoms with E-state index in [9.17, 15) is 4.21 Å². The topological polar surface area (TPSA) is 38.8 Å². The van der Waals surface area contributed by atoms with Crippen molar-refractivity contribution >= 4 is 34.8 Å². The smallest absolute Gasteiger partial charge is 0.231 e. The van der Waals surface area contributed by atoms with Gasteiger partial charge in [-0.2, -0.15) is 0 Å². The minimum absolute atomic E-state index is 0.201. The predicted molar refractivity (Wildman–Crippen MR) is 155 cm³/mol. The number of nitrogens with zero attached hydrogens (tertiary/aromatic N) is 1. The van der Waals surface area contributed by atoms with Crippen LogP contribution in [0.5, 0.6) is 11.5 Å². The lowest BCUT2D eigenvalue weighted by Crippen LogP contribution is -2.39. The van der Waals surface area contributed by atoms with Crippen LogP contribution >= 0.6 is 7.92 Å². The number of rotatable bonds is 7. The number of fused-ring (bicyclic) bond motifs is 1. The Morgan fingerprint density at radius 2 is 1.27 bits per heavy atom. The molecule has 0 aliphatic carbocycles. The second-order valence-electron chi connectivity index (χ2n) is 9.99. The Labute approximate surface area is 223 Å². The predicted octanol–water partition coefficient (Wildman–Crippen LogP) is 5.66. The molecule has 6 heteroatoms. The van der Waals surface area contributed by atoms with E-state index >= 15 is 0 Å². The molecule has 0 aromatic heterocycles. The van der Waals surface area contributed by atoms with Crippen molar-refractivity contribution < 1.29 is 13.7 Å². The largest absolute Gasteiger partial charge is 0.454 e. The molecule has 2 atom stereocenters. The summed E-state index contributed by atoms with van der Waals surface area (Å²) in [7, 11) is -0.224. The van der Waals surface area contributed by atoms with Crippen molar-refractivity contribution in [2.75, 3.05) is 13.8 Å². The van der Waals surface area contributed by atoms with Crippen LogP contribution in [0.4, 0.5) is 0 Å². The molecule has 0 N–H and O–H groups in total. The molecule has 0 saturated carbocycles. The molecule has 5 rings (SSSR count). The van der Waals surface area contributed by atoms with Crippen molar-refractivity contribution in [3.63, 3.8) is 0 Å². The van der Waals surface area contributed by atoms with Gasteiger partial charge in [-0.25, -0.2) is 8.51 Å². The van der Waals surface area contributed by atoms with Crippen LogP contribution in [0.1, 0.15) is 37.9 Å². The Kier molecular flexibility index (Phi) is 7.48. The molecule has 0 amide bonds. The van der Waals surface area contributed by atoms with Gasteiger partial charge < -0.3 is 9.47 Å². The molecule has 0 saturated heterocycles. The zero-order chi connectivity index (χ0) is 26.0. The fourth-order valence-electron chi connectivity index (χ4n) is 4.69. The van der Waals surface area contributed by atoms with Gasteiger partial charge in [0.05, 0.1) is 10.8 Å². The van der Waals surface area contributed by atoms with Crippen LogP contribution in [0.25, 0.3) is 0 Å². The normalized spacial score (nSPS) is 14.6. The molecule has 190 valence electrons. The molecule has 1 aliphatic rings. The van der Waals surface area contributed by atoms with Crippen LogP contribution in [0.15, 0.2) is 103 Å². The molecule has 4 aromatic carbocycles. The molecule has 1 aliphatic heterocycles. The van der Waals surface area contributed by atoms with E-state index in [0.717, 1.165) is 22.6 Å². The second kappa shape index (κ2) is 10.8. The Bertz CT molecular complexity index is 1330. The summed E-state index contributed by atoms with van der Waals surface area (Å²) < 4.78 is 27.1. The zero-order valence-corrected chi connectivity index (χ0v) is 23.3. The van der Waals surface area contributed by atoms with E-state index < -0.39 is 23.7 Å². The highest BCUT2D eigenvalue weighted by atomic mass is 32.2. The average Bonchev–Trinajstić information content (AvgIpc) is 3.37. The minimum Gasteiger partial charge on any atom is -0.454 e. The first-order chi connectivity index (χ1) is 17.8. The lowest BCUT2D eigenvalue weighted by atomic mass is 9.98. The van der Waals surface area contributed by atoms with Gasteiger partial charge in [-0.05, 0) is 67.9 Å². The first-order valence-corrected chi connectivity index (χ1v) is 14.8. The third-order valence-electron chi connectivity index (χ3n) is 6.35. The van der Waals surface area contributed by atoms with Gasteiger partial charge in [0.2, 0.25) is 6.79 Å². The SMILES string of the molecule is CN([C@@H](c1ccccc1)c1cc2c(cc1P(c1ccccc1)c1ccccc1)OCO2)[S@](=O)C(C)(C)C. The summed E-state index contributed by atoms with van der Waals surface area (Å²) >= 11 is 0. The van der Waals surface area contributed by atoms with Crippen molar-refractivity contribution in [3.8, 4) is 11.5 Å². The highest BCUT2D eigenvalue weighted by Gasteiger charge is 2.35. The van der Waals surface area contributed by atoms with Gasteiger partial charge in [0.25, 0.3) is 0 Å². The van der Waals surface area contributed by atoms with Crippen molar-refractivity contribution in [1.82, 2.24) is 4.31 Å². The molecule has 0 spiro atoms. The van der Waals surface area contributed by atoms with Crippen LogP contribution in [-0.2, 0) is 11.0 Å². The Hall–Kier alpha value is -2.98. The molecule has 1 heterocycles. The Morgan fingerprint density at radius 1 is 0.784 bits per heavy atom. The summed E-state index contributed by atoms with van der Waals surface area (Å²) in [6, 6.07) is 35.6. The van der Waals surface area contributed by atoms with E-state index in [1.165, 1.54) is 15.9 Å². The number of ether oxygens (including phenoxy) is 2. The fourth-order valence-corrected chi connectivity index (χ4v) is 8.47. The van der Waals surface area contributed by atoms with Crippen LogP contribution < -0.4 is 25.4 Å². The average molecular weight is 530 g/mol. The van der Waals surface area contributed by atoms with Crippen LogP contribution in [0.2, 0.25) is 0 Å². The number of hydrogen-bond acceptors (Lipinski definition) is 3. The molecular formula is C31H32NO3PS. The molecule has 0 bridgehead atoms. The maximum Gasteiger partial charge on any atom is 0.231 e. The van der Waals surface area contributed by atoms with Crippen molar-refractivity contribution in [2.24, 2.45) is 0 Å². The van der Waals surface area contributed by atoms with E-state index in [4.69, 9.17) is 9.47 Å². The van der Waals surface area contributed by atoms with Crippen molar-refractivity contribution in [2.45, 2.75) is 31.6 Å². The number of benzene rings is 4. The summed E-state index contributed by atoms with van der Waals surface area (Å²) in [5.74, 6) is 1.48. The maximum atomic E-state index is 13.8. The molecule has 0 radical (unpaired) electrons. The van der Waals surface area contributed by atoms with Crippen LogP contribution in [0.3, 0.4) is 0 Å². The van der Waals surface area contributed by atoms with Gasteiger partial charge >= 0.3 is 0 Å². The molecule has 0 fully saturated rings. The van der Waals surface area contributed by atoms with E-state index in [1.807, 2.05) is 50.3 Å². The summed E-state index contributed by atoms with van der Waals surface area (Å²) in [6.45, 7) is 6.25. The third kappa shape index (κ3) is 5.36. The van der Waals surface area contributed by atoms with Gasteiger partial charge in [0.1, 0.15) is 11.0 Å².